The second-order valence-electron chi connectivity index (χ2n) is 14.4. The normalized spacial score (nSPS) is 21.1. The van der Waals surface area contributed by atoms with Gasteiger partial charge < -0.3 is 33.3 Å². The molecule has 3 saturated heterocycles. The Kier molecular flexibility index (Phi) is 9.61. The molecule has 0 N–H and O–H groups in total. The molecule has 5 rings (SSSR count). The number of carbonyl (C=O) groups is 1. The maximum Gasteiger partial charge on any atom is 0.525 e. The Bertz CT molecular complexity index is 1530. The molecule has 14 heteroatoms. The van der Waals surface area contributed by atoms with Crippen molar-refractivity contribution < 1.29 is 50.3 Å². The van der Waals surface area contributed by atoms with Crippen molar-refractivity contribution in [3.05, 3.63) is 59.1 Å². The lowest BCUT2D eigenvalue weighted by atomic mass is 9.85. The minimum absolute atomic E-state index is 0.0142. The van der Waals surface area contributed by atoms with Gasteiger partial charge >= 0.3 is 19.4 Å². The predicted octanol–water partition coefficient (Wildman–Crippen LogP) is 8.18. The van der Waals surface area contributed by atoms with E-state index in [0.29, 0.717) is 12.8 Å². The van der Waals surface area contributed by atoms with E-state index in [1.165, 1.54) is 29.2 Å². The van der Waals surface area contributed by atoms with Crippen LogP contribution in [0.4, 0.5) is 32.4 Å². The molecule has 0 unspecified atom stereocenters. The van der Waals surface area contributed by atoms with Crippen LogP contribution in [0.3, 0.4) is 0 Å². The quantitative estimate of drug-likeness (QED) is 0.233. The fourth-order valence-electron chi connectivity index (χ4n) is 5.98. The van der Waals surface area contributed by atoms with E-state index in [-0.39, 0.29) is 44.0 Å². The van der Waals surface area contributed by atoms with Gasteiger partial charge in [-0.3, -0.25) is 0 Å². The fraction of sp³-hybridized carbons (Fsp3) is 0.559. The van der Waals surface area contributed by atoms with E-state index in [9.17, 15) is 9.18 Å². The van der Waals surface area contributed by atoms with Crippen molar-refractivity contribution in [1.82, 2.24) is 4.90 Å². The minimum Gasteiger partial charge on any atom is -0.454 e. The molecule has 0 radical (unpaired) electrons. The second kappa shape index (κ2) is 12.8. The Morgan fingerprint density at radius 1 is 0.938 bits per heavy atom. The fourth-order valence-corrected chi connectivity index (χ4v) is 5.98. The van der Waals surface area contributed by atoms with Crippen molar-refractivity contribution in [2.24, 2.45) is 0 Å². The van der Waals surface area contributed by atoms with Gasteiger partial charge in [0.15, 0.2) is 11.6 Å². The van der Waals surface area contributed by atoms with Crippen LogP contribution in [0.25, 0.3) is 6.08 Å². The Hall–Kier alpha value is -3.36. The largest absolute Gasteiger partial charge is 0.525 e. The lowest BCUT2D eigenvalue weighted by molar-refractivity contribution is -0.138. The number of piperidine rings is 1. The molecule has 3 heterocycles. The average molecular weight is 681 g/mol. The second-order valence-corrected chi connectivity index (χ2v) is 14.4. The summed E-state index contributed by atoms with van der Waals surface area (Å²) in [5, 5.41) is 0. The number of benzene rings is 2. The first kappa shape index (κ1) is 35.9. The molecule has 262 valence electrons. The molecule has 0 aliphatic carbocycles. The first-order valence-corrected chi connectivity index (χ1v) is 16.0. The highest BCUT2D eigenvalue weighted by atomic mass is 19.4. The number of nitrogens with zero attached hydrogens (tertiary/aromatic N) is 2. The summed E-state index contributed by atoms with van der Waals surface area (Å²) in [6.45, 7) is 12.9. The molecule has 2 aromatic rings. The first-order valence-electron chi connectivity index (χ1n) is 16.0. The van der Waals surface area contributed by atoms with Crippen LogP contribution in [-0.4, -0.2) is 73.3 Å². The summed E-state index contributed by atoms with van der Waals surface area (Å²) in [4.78, 5) is 15.8. The minimum atomic E-state index is -4.99. The van der Waals surface area contributed by atoms with Crippen molar-refractivity contribution in [3.63, 3.8) is 0 Å². The van der Waals surface area contributed by atoms with Crippen molar-refractivity contribution in [3.8, 4) is 11.5 Å². The number of carbonyl (C=O) groups excluding carboxylic acids is 1. The standard InChI is InChI=1S/C34H42BF5N2O6/c1-30(2,3)46-29(43)41-16-14-33(15-17-41)21-42(18-19-44-33)28-22(20-26(37)35-47-31(4,5)32(6,7)48-35)12-13-25(27(28)34(38,39)40)45-24-11-9-8-10-23(24)36/h8-13,20H,14-19,21H2,1-7H3/b26-20-. The number of hydrogen-bond acceptors (Lipinski definition) is 7. The Morgan fingerprint density at radius 2 is 1.56 bits per heavy atom. The van der Waals surface area contributed by atoms with Crippen molar-refractivity contribution in [2.45, 2.75) is 89.9 Å². The average Bonchev–Trinajstić information content (AvgIpc) is 3.20. The van der Waals surface area contributed by atoms with E-state index < -0.39 is 70.4 Å². The van der Waals surface area contributed by atoms with Crippen LogP contribution in [0.5, 0.6) is 11.5 Å². The molecular formula is C34H42BF5N2O6. The SMILES string of the molecule is CC(C)(C)OC(=O)N1CCC2(CC1)CN(c1c(/C=C(\F)B3OC(C)(C)C(C)(C)O3)ccc(Oc3ccccc3F)c1C(F)(F)F)CCO2. The summed E-state index contributed by atoms with van der Waals surface area (Å²) in [5.74, 6) is -1.88. The highest BCUT2D eigenvalue weighted by molar-refractivity contribution is 6.54. The van der Waals surface area contributed by atoms with Crippen LogP contribution in [0.1, 0.15) is 72.4 Å². The topological polar surface area (TPSA) is 69.7 Å². The lowest BCUT2D eigenvalue weighted by Crippen LogP contribution is -2.58. The van der Waals surface area contributed by atoms with Crippen LogP contribution >= 0.6 is 0 Å². The molecule has 3 fully saturated rings. The van der Waals surface area contributed by atoms with Gasteiger partial charge in [-0.05, 0) is 91.6 Å². The summed E-state index contributed by atoms with van der Waals surface area (Å²) in [5.41, 5.74) is -5.90. The zero-order valence-electron chi connectivity index (χ0n) is 28.3. The van der Waals surface area contributed by atoms with E-state index in [1.807, 2.05) is 0 Å². The molecule has 3 aliphatic heterocycles. The van der Waals surface area contributed by atoms with Gasteiger partial charge in [0.1, 0.15) is 22.6 Å². The molecule has 1 amide bonds. The molecule has 0 saturated carbocycles. The summed E-state index contributed by atoms with van der Waals surface area (Å²) in [7, 11) is -1.44. The smallest absolute Gasteiger partial charge is 0.454 e. The number of rotatable bonds is 5. The lowest BCUT2D eigenvalue weighted by Gasteiger charge is -2.48. The van der Waals surface area contributed by atoms with Gasteiger partial charge in [0, 0.05) is 31.7 Å². The highest BCUT2D eigenvalue weighted by Gasteiger charge is 2.53. The van der Waals surface area contributed by atoms with Gasteiger partial charge in [0.05, 0.1) is 29.1 Å². The van der Waals surface area contributed by atoms with E-state index >= 15 is 17.6 Å². The molecule has 0 atom stereocenters. The molecule has 1 spiro atoms. The van der Waals surface area contributed by atoms with Crippen LogP contribution < -0.4 is 9.64 Å². The zero-order valence-corrected chi connectivity index (χ0v) is 28.3. The first-order chi connectivity index (χ1) is 22.2. The summed E-state index contributed by atoms with van der Waals surface area (Å²) >= 11 is 0. The van der Waals surface area contributed by atoms with E-state index in [0.717, 1.165) is 18.2 Å². The van der Waals surface area contributed by atoms with Gasteiger partial charge in [-0.25, -0.2) is 13.6 Å². The summed E-state index contributed by atoms with van der Waals surface area (Å²) < 4.78 is 105. The number of para-hydroxylation sites is 1. The van der Waals surface area contributed by atoms with Crippen LogP contribution in [0, 0.1) is 5.82 Å². The number of likely N-dealkylation sites (tertiary alicyclic amines) is 1. The van der Waals surface area contributed by atoms with Gasteiger partial charge in [-0.1, -0.05) is 12.1 Å². The third kappa shape index (κ3) is 7.60. The Labute approximate surface area is 278 Å². The van der Waals surface area contributed by atoms with Crippen molar-refractivity contribution in [1.29, 1.82) is 0 Å². The van der Waals surface area contributed by atoms with Crippen molar-refractivity contribution in [2.75, 3.05) is 37.7 Å². The van der Waals surface area contributed by atoms with Crippen molar-refractivity contribution >= 4 is 25.0 Å². The van der Waals surface area contributed by atoms with Gasteiger partial charge in [0.25, 0.3) is 0 Å². The number of hydrogen-bond donors (Lipinski definition) is 0. The van der Waals surface area contributed by atoms with Crippen LogP contribution in [0.2, 0.25) is 0 Å². The number of halogens is 5. The molecule has 0 aromatic heterocycles. The summed E-state index contributed by atoms with van der Waals surface area (Å²) in [6.07, 6.45) is -3.82. The maximum atomic E-state index is 15.9. The number of alkyl halides is 3. The number of amides is 1. The number of ether oxygens (including phenoxy) is 3. The number of morpholine rings is 1. The number of anilines is 1. The zero-order chi connectivity index (χ0) is 35.3. The van der Waals surface area contributed by atoms with E-state index in [1.54, 1.807) is 53.4 Å². The highest BCUT2D eigenvalue weighted by Crippen LogP contribution is 2.48. The maximum absolute atomic E-state index is 15.9. The molecular weight excluding hydrogens is 638 g/mol. The monoisotopic (exact) mass is 680 g/mol. The summed E-state index contributed by atoms with van der Waals surface area (Å²) in [6, 6.07) is 7.50. The molecule has 2 aromatic carbocycles. The third-order valence-electron chi connectivity index (χ3n) is 9.17. The van der Waals surface area contributed by atoms with Gasteiger partial charge in [0.2, 0.25) is 0 Å². The van der Waals surface area contributed by atoms with E-state index in [2.05, 4.69) is 0 Å². The van der Waals surface area contributed by atoms with Gasteiger partial charge in [-0.2, -0.15) is 13.2 Å². The van der Waals surface area contributed by atoms with Crippen LogP contribution in [-0.2, 0) is 25.0 Å². The molecule has 8 nitrogen and oxygen atoms in total. The molecule has 0 bridgehead atoms. The molecule has 3 aliphatic rings. The van der Waals surface area contributed by atoms with Crippen LogP contribution in [0.15, 0.2) is 42.1 Å². The van der Waals surface area contributed by atoms with Gasteiger partial charge in [-0.15, -0.1) is 0 Å². The Morgan fingerprint density at radius 3 is 2.15 bits per heavy atom. The Balaban J connectivity index is 1.54. The van der Waals surface area contributed by atoms with E-state index in [4.69, 9.17) is 23.5 Å². The third-order valence-corrected chi connectivity index (χ3v) is 9.17. The molecule has 48 heavy (non-hydrogen) atoms. The predicted molar refractivity (Wildman–Crippen MR) is 171 cm³/mol.